The molecule has 0 unspecified atom stereocenters. The Bertz CT molecular complexity index is 466. The van der Waals surface area contributed by atoms with Crippen LogP contribution in [0.3, 0.4) is 0 Å². The fraction of sp³-hybridized carbons (Fsp3) is 0.462. The first-order valence-corrected chi connectivity index (χ1v) is 6.10. The lowest BCUT2D eigenvalue weighted by atomic mass is 10.1. The van der Waals surface area contributed by atoms with Crippen molar-refractivity contribution in [2.24, 2.45) is 5.92 Å². The number of hydrogen-bond acceptors (Lipinski definition) is 3. The number of nitrogens with two attached hydrogens (primary N) is 2. The second-order valence-corrected chi connectivity index (χ2v) is 5.08. The van der Waals surface area contributed by atoms with Gasteiger partial charge in [-0.25, -0.2) is 0 Å². The number of amides is 1. The molecule has 4 nitrogen and oxygen atoms in total. The maximum Gasteiger partial charge on any atom is 0.406 e. The maximum absolute atomic E-state index is 12.5. The van der Waals surface area contributed by atoms with Gasteiger partial charge >= 0.3 is 6.18 Å². The zero-order valence-corrected chi connectivity index (χ0v) is 11.4. The first-order chi connectivity index (χ1) is 9.08. The highest BCUT2D eigenvalue weighted by Crippen LogP contribution is 2.21. The van der Waals surface area contributed by atoms with E-state index in [1.54, 1.807) is 13.8 Å². The molecule has 0 aliphatic heterocycles. The molecule has 0 bridgehead atoms. The van der Waals surface area contributed by atoms with Gasteiger partial charge in [-0.15, -0.1) is 0 Å². The van der Waals surface area contributed by atoms with Crippen LogP contribution in [-0.4, -0.2) is 30.1 Å². The molecule has 7 heteroatoms. The molecule has 0 saturated heterocycles. The number of anilines is 2. The topological polar surface area (TPSA) is 72.3 Å². The van der Waals surface area contributed by atoms with Crippen LogP contribution in [-0.2, 0) is 0 Å². The summed E-state index contributed by atoms with van der Waals surface area (Å²) in [6, 6.07) is 4.08. The average Bonchev–Trinajstić information content (AvgIpc) is 2.23. The minimum Gasteiger partial charge on any atom is -0.399 e. The molecule has 0 aliphatic rings. The molecule has 0 spiro atoms. The summed E-state index contributed by atoms with van der Waals surface area (Å²) in [6.07, 6.45) is -4.45. The van der Waals surface area contributed by atoms with Gasteiger partial charge < -0.3 is 16.4 Å². The number of nitrogens with zero attached hydrogens (tertiary/aromatic N) is 1. The van der Waals surface area contributed by atoms with Crippen molar-refractivity contribution < 1.29 is 18.0 Å². The summed E-state index contributed by atoms with van der Waals surface area (Å²) < 4.78 is 37.6. The van der Waals surface area contributed by atoms with Crippen LogP contribution in [0.1, 0.15) is 24.2 Å². The van der Waals surface area contributed by atoms with E-state index in [0.717, 1.165) is 4.90 Å². The van der Waals surface area contributed by atoms with Gasteiger partial charge in [0, 0.05) is 23.5 Å². The Morgan fingerprint density at radius 2 is 1.70 bits per heavy atom. The minimum absolute atomic E-state index is 0.00699. The zero-order valence-electron chi connectivity index (χ0n) is 11.4. The highest BCUT2D eigenvalue weighted by atomic mass is 19.4. The van der Waals surface area contributed by atoms with Gasteiger partial charge in [-0.05, 0) is 24.1 Å². The van der Waals surface area contributed by atoms with Gasteiger partial charge in [-0.3, -0.25) is 4.79 Å². The Morgan fingerprint density at radius 3 is 2.10 bits per heavy atom. The molecule has 0 heterocycles. The van der Waals surface area contributed by atoms with Crippen LogP contribution < -0.4 is 11.5 Å². The molecule has 0 aromatic heterocycles. The molecule has 0 radical (unpaired) electrons. The van der Waals surface area contributed by atoms with E-state index in [0.29, 0.717) is 0 Å². The molecular weight excluding hydrogens is 271 g/mol. The van der Waals surface area contributed by atoms with Gasteiger partial charge in [0.1, 0.15) is 6.54 Å². The summed E-state index contributed by atoms with van der Waals surface area (Å²) >= 11 is 0. The number of hydrogen-bond donors (Lipinski definition) is 2. The van der Waals surface area contributed by atoms with Crippen molar-refractivity contribution in [1.82, 2.24) is 4.90 Å². The first kappa shape index (κ1) is 16.1. The number of alkyl halides is 3. The predicted octanol–water partition coefficient (Wildman–Crippen LogP) is 2.51. The molecule has 1 amide bonds. The normalized spacial score (nSPS) is 11.7. The second-order valence-electron chi connectivity index (χ2n) is 5.08. The summed E-state index contributed by atoms with van der Waals surface area (Å²) in [6.45, 7) is 2.19. The lowest BCUT2D eigenvalue weighted by Crippen LogP contribution is -2.41. The van der Waals surface area contributed by atoms with E-state index in [4.69, 9.17) is 11.5 Å². The van der Waals surface area contributed by atoms with Crippen LogP contribution in [0.2, 0.25) is 0 Å². The highest BCUT2D eigenvalue weighted by molar-refractivity contribution is 5.96. The summed E-state index contributed by atoms with van der Waals surface area (Å²) in [5, 5.41) is 0. The maximum atomic E-state index is 12.5. The third kappa shape index (κ3) is 4.99. The van der Waals surface area contributed by atoms with E-state index in [9.17, 15) is 18.0 Å². The van der Waals surface area contributed by atoms with Crippen LogP contribution in [0.4, 0.5) is 24.5 Å². The van der Waals surface area contributed by atoms with E-state index in [1.165, 1.54) is 18.2 Å². The lowest BCUT2D eigenvalue weighted by Gasteiger charge is -2.26. The summed E-state index contributed by atoms with van der Waals surface area (Å²) in [5.74, 6) is -0.810. The fourth-order valence-electron chi connectivity index (χ4n) is 1.86. The Labute approximate surface area is 115 Å². The molecule has 1 aromatic rings. The Balaban J connectivity index is 3.03. The van der Waals surface area contributed by atoms with E-state index >= 15 is 0 Å². The van der Waals surface area contributed by atoms with Crippen molar-refractivity contribution in [3.8, 4) is 0 Å². The van der Waals surface area contributed by atoms with Crippen molar-refractivity contribution >= 4 is 17.3 Å². The smallest absolute Gasteiger partial charge is 0.399 e. The molecule has 20 heavy (non-hydrogen) atoms. The molecule has 0 atom stereocenters. The number of carbonyl (C=O) groups is 1. The molecule has 0 aliphatic carbocycles. The third-order valence-corrected chi connectivity index (χ3v) is 2.47. The van der Waals surface area contributed by atoms with Gasteiger partial charge in [0.05, 0.1) is 0 Å². The molecular formula is C13H18F3N3O. The van der Waals surface area contributed by atoms with E-state index in [2.05, 4.69) is 0 Å². The SMILES string of the molecule is CC(C)CN(CC(F)(F)F)C(=O)c1cc(N)cc(N)c1. The summed E-state index contributed by atoms with van der Waals surface area (Å²) in [4.78, 5) is 12.9. The molecule has 4 N–H and O–H groups in total. The van der Waals surface area contributed by atoms with E-state index < -0.39 is 18.6 Å². The van der Waals surface area contributed by atoms with Crippen molar-refractivity contribution in [3.63, 3.8) is 0 Å². The predicted molar refractivity (Wildman–Crippen MR) is 72.1 cm³/mol. The van der Waals surface area contributed by atoms with Crippen molar-refractivity contribution in [2.45, 2.75) is 20.0 Å². The number of rotatable bonds is 4. The van der Waals surface area contributed by atoms with Gasteiger partial charge in [-0.2, -0.15) is 13.2 Å². The van der Waals surface area contributed by atoms with Gasteiger partial charge in [0.25, 0.3) is 5.91 Å². The minimum atomic E-state index is -4.45. The lowest BCUT2D eigenvalue weighted by molar-refractivity contribution is -0.141. The number of nitrogen functional groups attached to an aromatic ring is 2. The summed E-state index contributed by atoms with van der Waals surface area (Å²) in [5.41, 5.74) is 11.6. The van der Waals surface area contributed by atoms with Crippen LogP contribution in [0, 0.1) is 5.92 Å². The van der Waals surface area contributed by atoms with Crippen LogP contribution in [0.25, 0.3) is 0 Å². The molecule has 1 rings (SSSR count). The molecule has 1 aromatic carbocycles. The Kier molecular flexibility index (Phi) is 4.86. The molecule has 0 saturated carbocycles. The molecule has 112 valence electrons. The largest absolute Gasteiger partial charge is 0.406 e. The van der Waals surface area contributed by atoms with Gasteiger partial charge in [0.2, 0.25) is 0 Å². The van der Waals surface area contributed by atoms with Gasteiger partial charge in [-0.1, -0.05) is 13.8 Å². The van der Waals surface area contributed by atoms with Crippen molar-refractivity contribution in [3.05, 3.63) is 23.8 Å². The van der Waals surface area contributed by atoms with Crippen molar-refractivity contribution in [2.75, 3.05) is 24.6 Å². The van der Waals surface area contributed by atoms with Crippen LogP contribution in [0.5, 0.6) is 0 Å². The quantitative estimate of drug-likeness (QED) is 0.836. The van der Waals surface area contributed by atoms with Crippen LogP contribution in [0.15, 0.2) is 18.2 Å². The average molecular weight is 289 g/mol. The standard InChI is InChI=1S/C13H18F3N3O/c1-8(2)6-19(7-13(14,15)16)12(20)9-3-10(17)5-11(18)4-9/h3-5,8H,6-7,17-18H2,1-2H3. The first-order valence-electron chi connectivity index (χ1n) is 6.10. The monoisotopic (exact) mass is 289 g/mol. The Morgan fingerprint density at radius 1 is 1.20 bits per heavy atom. The highest BCUT2D eigenvalue weighted by Gasteiger charge is 2.33. The van der Waals surface area contributed by atoms with Crippen LogP contribution >= 0.6 is 0 Å². The number of halogens is 3. The van der Waals surface area contributed by atoms with Crippen molar-refractivity contribution in [1.29, 1.82) is 0 Å². The molecule has 0 fully saturated rings. The van der Waals surface area contributed by atoms with Gasteiger partial charge in [0.15, 0.2) is 0 Å². The number of benzene rings is 1. The summed E-state index contributed by atoms with van der Waals surface area (Å²) in [7, 11) is 0. The second kappa shape index (κ2) is 6.02. The Hall–Kier alpha value is -1.92. The zero-order chi connectivity index (χ0) is 15.5. The third-order valence-electron chi connectivity index (χ3n) is 2.47. The van der Waals surface area contributed by atoms with E-state index in [-0.39, 0.29) is 29.4 Å². The number of carbonyl (C=O) groups excluding carboxylic acids is 1. The fourth-order valence-corrected chi connectivity index (χ4v) is 1.86. The van der Waals surface area contributed by atoms with E-state index in [1.807, 2.05) is 0 Å².